The zero-order chi connectivity index (χ0) is 21.7. The van der Waals surface area contributed by atoms with Crippen molar-refractivity contribution in [3.05, 3.63) is 59.7 Å². The van der Waals surface area contributed by atoms with Crippen molar-refractivity contribution < 1.29 is 28.5 Å². The molecule has 2 aromatic rings. The van der Waals surface area contributed by atoms with E-state index in [1.165, 1.54) is 0 Å². The van der Waals surface area contributed by atoms with Gasteiger partial charge in [-0.05, 0) is 48.8 Å². The van der Waals surface area contributed by atoms with Gasteiger partial charge in [-0.1, -0.05) is 24.3 Å². The lowest BCUT2D eigenvalue weighted by atomic mass is 9.73. The van der Waals surface area contributed by atoms with Crippen molar-refractivity contribution in [2.75, 3.05) is 27.9 Å². The molecule has 0 N–H and O–H groups in total. The van der Waals surface area contributed by atoms with Crippen molar-refractivity contribution in [2.45, 2.75) is 19.3 Å². The van der Waals surface area contributed by atoms with E-state index in [-0.39, 0.29) is 12.4 Å². The summed E-state index contributed by atoms with van der Waals surface area (Å²) >= 11 is 0. The number of para-hydroxylation sites is 1. The molecule has 6 heteroatoms. The van der Waals surface area contributed by atoms with Crippen molar-refractivity contribution in [3.63, 3.8) is 0 Å². The Hall–Kier alpha value is -3.28. The first-order valence-electron chi connectivity index (χ1n) is 9.80. The number of allylic oxidation sites excluding steroid dienone is 2. The SMILES string of the molecule is CCOC(=O)[C@@H]1C(=O)C=C(c2ccc(OC)cc2)C[C@@H]1c1cccc(OC)c1OC. The Morgan fingerprint density at radius 1 is 1.00 bits per heavy atom. The smallest absolute Gasteiger partial charge is 0.317 e. The number of rotatable bonds is 7. The molecule has 158 valence electrons. The van der Waals surface area contributed by atoms with Crippen LogP contribution in [0.4, 0.5) is 0 Å². The average molecular weight is 410 g/mol. The molecule has 0 aliphatic heterocycles. The molecule has 0 saturated carbocycles. The minimum Gasteiger partial charge on any atom is -0.497 e. The number of benzene rings is 2. The molecule has 0 aromatic heterocycles. The lowest BCUT2D eigenvalue weighted by Crippen LogP contribution is -2.34. The third kappa shape index (κ3) is 4.17. The van der Waals surface area contributed by atoms with E-state index in [4.69, 9.17) is 18.9 Å². The van der Waals surface area contributed by atoms with Crippen LogP contribution >= 0.6 is 0 Å². The molecule has 1 aliphatic rings. The number of methoxy groups -OCH3 is 3. The summed E-state index contributed by atoms with van der Waals surface area (Å²) in [7, 11) is 4.71. The fourth-order valence-corrected chi connectivity index (χ4v) is 3.89. The lowest BCUT2D eigenvalue weighted by Gasteiger charge is -2.30. The second kappa shape index (κ2) is 9.48. The van der Waals surface area contributed by atoms with Crippen LogP contribution in [-0.2, 0) is 14.3 Å². The molecular formula is C24H26O6. The number of esters is 1. The Bertz CT molecular complexity index is 945. The first-order valence-corrected chi connectivity index (χ1v) is 9.80. The van der Waals surface area contributed by atoms with Gasteiger partial charge in [0.2, 0.25) is 0 Å². The van der Waals surface area contributed by atoms with E-state index in [0.717, 1.165) is 22.4 Å². The number of carbonyl (C=O) groups excluding carboxylic acids is 2. The summed E-state index contributed by atoms with van der Waals surface area (Å²) in [6, 6.07) is 13.0. The predicted molar refractivity (Wildman–Crippen MR) is 113 cm³/mol. The van der Waals surface area contributed by atoms with Crippen molar-refractivity contribution in [1.29, 1.82) is 0 Å². The van der Waals surface area contributed by atoms with Gasteiger partial charge in [-0.2, -0.15) is 0 Å². The van der Waals surface area contributed by atoms with Gasteiger partial charge in [0.25, 0.3) is 0 Å². The van der Waals surface area contributed by atoms with Gasteiger partial charge >= 0.3 is 5.97 Å². The van der Waals surface area contributed by atoms with Crippen molar-refractivity contribution in [2.24, 2.45) is 5.92 Å². The molecule has 2 aromatic carbocycles. The highest BCUT2D eigenvalue weighted by Gasteiger charge is 2.41. The molecule has 0 unspecified atom stereocenters. The standard InChI is InChI=1S/C24H26O6/c1-5-30-24(26)22-19(18-7-6-8-21(28-3)23(18)29-4)13-16(14-20(22)25)15-9-11-17(27-2)12-10-15/h6-12,14,19,22H,5,13H2,1-4H3/t19-,22+/m1/s1. The second-order valence-corrected chi connectivity index (χ2v) is 6.92. The third-order valence-corrected chi connectivity index (χ3v) is 5.30. The molecule has 0 saturated heterocycles. The van der Waals surface area contributed by atoms with E-state index in [0.29, 0.717) is 17.9 Å². The summed E-state index contributed by atoms with van der Waals surface area (Å²) in [6.07, 6.45) is 2.03. The van der Waals surface area contributed by atoms with Crippen molar-refractivity contribution in [3.8, 4) is 17.2 Å². The van der Waals surface area contributed by atoms with E-state index in [1.54, 1.807) is 40.4 Å². The highest BCUT2D eigenvalue weighted by atomic mass is 16.5. The van der Waals surface area contributed by atoms with Gasteiger partial charge in [-0.3, -0.25) is 9.59 Å². The van der Waals surface area contributed by atoms with Crippen LogP contribution < -0.4 is 14.2 Å². The van der Waals surface area contributed by atoms with Crippen molar-refractivity contribution >= 4 is 17.3 Å². The maximum atomic E-state index is 13.1. The predicted octanol–water partition coefficient (Wildman–Crippen LogP) is 4.03. The first kappa shape index (κ1) is 21.4. The van der Waals surface area contributed by atoms with E-state index >= 15 is 0 Å². The fourth-order valence-electron chi connectivity index (χ4n) is 3.89. The van der Waals surface area contributed by atoms with Crippen LogP contribution in [0.2, 0.25) is 0 Å². The van der Waals surface area contributed by atoms with E-state index < -0.39 is 17.8 Å². The van der Waals surface area contributed by atoms with Gasteiger partial charge < -0.3 is 18.9 Å². The number of hydrogen-bond donors (Lipinski definition) is 0. The van der Waals surface area contributed by atoms with E-state index in [1.807, 2.05) is 36.4 Å². The number of ketones is 1. The zero-order valence-corrected chi connectivity index (χ0v) is 17.6. The highest BCUT2D eigenvalue weighted by molar-refractivity contribution is 6.10. The quantitative estimate of drug-likeness (QED) is 0.507. The normalized spacial score (nSPS) is 18.4. The average Bonchev–Trinajstić information content (AvgIpc) is 2.77. The number of carbonyl (C=O) groups is 2. The molecule has 6 nitrogen and oxygen atoms in total. The molecule has 2 atom stereocenters. The summed E-state index contributed by atoms with van der Waals surface area (Å²) < 4.78 is 21.5. The number of hydrogen-bond acceptors (Lipinski definition) is 6. The van der Waals surface area contributed by atoms with Gasteiger partial charge in [0.05, 0.1) is 27.9 Å². The molecule has 0 radical (unpaired) electrons. The van der Waals surface area contributed by atoms with Crippen LogP contribution in [0.1, 0.15) is 30.4 Å². The van der Waals surface area contributed by atoms with Crippen LogP contribution in [0.15, 0.2) is 48.5 Å². The molecule has 3 rings (SSSR count). The minimum atomic E-state index is -0.937. The van der Waals surface area contributed by atoms with E-state index in [2.05, 4.69) is 0 Å². The van der Waals surface area contributed by atoms with Gasteiger partial charge in [0, 0.05) is 11.5 Å². The maximum Gasteiger partial charge on any atom is 0.317 e. The summed E-state index contributed by atoms with van der Waals surface area (Å²) in [4.78, 5) is 25.8. The van der Waals surface area contributed by atoms with Crippen LogP contribution in [0.3, 0.4) is 0 Å². The fraction of sp³-hybridized carbons (Fsp3) is 0.333. The summed E-state index contributed by atoms with van der Waals surface area (Å²) in [5.41, 5.74) is 2.48. The molecule has 0 bridgehead atoms. The molecule has 1 aliphatic carbocycles. The van der Waals surface area contributed by atoms with E-state index in [9.17, 15) is 9.59 Å². The van der Waals surface area contributed by atoms with Crippen LogP contribution in [0.5, 0.6) is 17.2 Å². The minimum absolute atomic E-state index is 0.208. The Morgan fingerprint density at radius 3 is 2.33 bits per heavy atom. The van der Waals surface area contributed by atoms with Crippen LogP contribution in [-0.4, -0.2) is 39.7 Å². The monoisotopic (exact) mass is 410 g/mol. The maximum absolute atomic E-state index is 13.1. The summed E-state index contributed by atoms with van der Waals surface area (Å²) in [6.45, 7) is 1.94. The molecule has 30 heavy (non-hydrogen) atoms. The largest absolute Gasteiger partial charge is 0.497 e. The Morgan fingerprint density at radius 2 is 1.73 bits per heavy atom. The summed E-state index contributed by atoms with van der Waals surface area (Å²) in [5, 5.41) is 0. The molecule has 0 fully saturated rings. The zero-order valence-electron chi connectivity index (χ0n) is 17.6. The molecular weight excluding hydrogens is 384 g/mol. The Labute approximate surface area is 176 Å². The highest BCUT2D eigenvalue weighted by Crippen LogP contribution is 2.46. The Kier molecular flexibility index (Phi) is 6.77. The second-order valence-electron chi connectivity index (χ2n) is 6.92. The summed E-state index contributed by atoms with van der Waals surface area (Å²) in [5.74, 6) is -0.384. The van der Waals surface area contributed by atoms with Gasteiger partial charge in [-0.15, -0.1) is 0 Å². The topological polar surface area (TPSA) is 71.1 Å². The molecule has 0 heterocycles. The van der Waals surface area contributed by atoms with Gasteiger partial charge in [-0.25, -0.2) is 0 Å². The van der Waals surface area contributed by atoms with Gasteiger partial charge in [0.15, 0.2) is 17.3 Å². The number of ether oxygens (including phenoxy) is 4. The van der Waals surface area contributed by atoms with Crippen molar-refractivity contribution in [1.82, 2.24) is 0 Å². The molecule has 0 amide bonds. The third-order valence-electron chi connectivity index (χ3n) is 5.30. The lowest BCUT2D eigenvalue weighted by molar-refractivity contribution is -0.151. The molecule has 0 spiro atoms. The van der Waals surface area contributed by atoms with Crippen LogP contribution in [0.25, 0.3) is 5.57 Å². The van der Waals surface area contributed by atoms with Gasteiger partial charge in [0.1, 0.15) is 11.7 Å². The first-order chi connectivity index (χ1) is 14.5. The Balaban J connectivity index is 2.09. The van der Waals surface area contributed by atoms with Crippen LogP contribution in [0, 0.1) is 5.92 Å².